The third-order valence-electron chi connectivity index (χ3n) is 4.63. The number of likely N-dealkylation sites (tertiary alicyclic amines) is 1. The van der Waals surface area contributed by atoms with E-state index in [1.165, 1.54) is 64.2 Å². The third kappa shape index (κ3) is 7.85. The molecule has 0 aromatic heterocycles. The van der Waals surface area contributed by atoms with Gasteiger partial charge in [-0.3, -0.25) is 4.79 Å². The summed E-state index contributed by atoms with van der Waals surface area (Å²) >= 11 is 0. The van der Waals surface area contributed by atoms with Crippen LogP contribution < -0.4 is 5.32 Å². The molecule has 1 unspecified atom stereocenters. The van der Waals surface area contributed by atoms with E-state index in [1.807, 2.05) is 7.05 Å². The molecule has 1 heterocycles. The average Bonchev–Trinajstić information content (AvgIpc) is 2.94. The number of amides is 1. The van der Waals surface area contributed by atoms with E-state index in [9.17, 15) is 4.79 Å². The Morgan fingerprint density at radius 3 is 2.29 bits per heavy atom. The van der Waals surface area contributed by atoms with Crippen molar-refractivity contribution in [3.8, 4) is 0 Å². The second kappa shape index (κ2) is 12.0. The van der Waals surface area contributed by atoms with Gasteiger partial charge in [0.05, 0.1) is 0 Å². The Hall–Kier alpha value is -0.570. The molecule has 0 bridgehead atoms. The summed E-state index contributed by atoms with van der Waals surface area (Å²) in [5, 5.41) is 3.21. The van der Waals surface area contributed by atoms with Gasteiger partial charge in [0.2, 0.25) is 5.91 Å². The summed E-state index contributed by atoms with van der Waals surface area (Å²) in [5.41, 5.74) is 0. The Bertz CT molecular complexity index is 268. The van der Waals surface area contributed by atoms with Crippen LogP contribution in [0.2, 0.25) is 0 Å². The molecule has 0 aromatic rings. The van der Waals surface area contributed by atoms with Gasteiger partial charge in [0.1, 0.15) is 0 Å². The van der Waals surface area contributed by atoms with Crippen molar-refractivity contribution < 1.29 is 4.79 Å². The molecule has 1 aliphatic heterocycles. The number of rotatable bonds is 12. The van der Waals surface area contributed by atoms with E-state index in [0.29, 0.717) is 11.9 Å². The lowest BCUT2D eigenvalue weighted by Gasteiger charge is -2.24. The van der Waals surface area contributed by atoms with Crippen molar-refractivity contribution in [2.24, 2.45) is 0 Å². The van der Waals surface area contributed by atoms with Crippen LogP contribution in [0.5, 0.6) is 0 Å². The van der Waals surface area contributed by atoms with Crippen LogP contribution in [0.1, 0.15) is 84.0 Å². The van der Waals surface area contributed by atoms with Gasteiger partial charge in [0.15, 0.2) is 0 Å². The van der Waals surface area contributed by atoms with Crippen LogP contribution in [-0.4, -0.2) is 37.0 Å². The molecular weight excluding hydrogens is 260 g/mol. The minimum Gasteiger partial charge on any atom is -0.338 e. The predicted molar refractivity (Wildman–Crippen MR) is 90.5 cm³/mol. The smallest absolute Gasteiger partial charge is 0.222 e. The maximum Gasteiger partial charge on any atom is 0.222 e. The Balaban J connectivity index is 1.98. The van der Waals surface area contributed by atoms with E-state index in [4.69, 9.17) is 0 Å². The standard InChI is InChI=1S/C18H36N2O/c1-3-4-5-6-7-8-9-10-11-14-18(21)20-15-12-13-17(20)16-19-2/h17,19H,3-16H2,1-2H3. The number of hydrogen-bond donors (Lipinski definition) is 1. The van der Waals surface area contributed by atoms with Gasteiger partial charge < -0.3 is 10.2 Å². The Morgan fingerprint density at radius 2 is 1.67 bits per heavy atom. The molecule has 0 aromatic carbocycles. The molecule has 1 N–H and O–H groups in total. The van der Waals surface area contributed by atoms with E-state index in [0.717, 1.165) is 25.9 Å². The summed E-state index contributed by atoms with van der Waals surface area (Å²) in [6.45, 7) is 4.19. The molecule has 21 heavy (non-hydrogen) atoms. The molecule has 0 radical (unpaired) electrons. The third-order valence-corrected chi connectivity index (χ3v) is 4.63. The Labute approximate surface area is 131 Å². The van der Waals surface area contributed by atoms with Gasteiger partial charge in [0.25, 0.3) is 0 Å². The van der Waals surface area contributed by atoms with Crippen molar-refractivity contribution in [3.63, 3.8) is 0 Å². The first-order valence-corrected chi connectivity index (χ1v) is 9.23. The number of carbonyl (C=O) groups excluding carboxylic acids is 1. The first-order valence-electron chi connectivity index (χ1n) is 9.23. The van der Waals surface area contributed by atoms with Crippen molar-refractivity contribution >= 4 is 5.91 Å². The second-order valence-electron chi connectivity index (χ2n) is 6.52. The topological polar surface area (TPSA) is 32.3 Å². The van der Waals surface area contributed by atoms with Gasteiger partial charge in [0, 0.05) is 25.6 Å². The Kier molecular flexibility index (Phi) is 10.6. The maximum atomic E-state index is 12.2. The molecule has 1 aliphatic rings. The van der Waals surface area contributed by atoms with Crippen LogP contribution in [0.4, 0.5) is 0 Å². The van der Waals surface area contributed by atoms with Crippen molar-refractivity contribution in [2.45, 2.75) is 90.0 Å². The summed E-state index contributed by atoms with van der Waals surface area (Å²) in [4.78, 5) is 14.3. The zero-order valence-corrected chi connectivity index (χ0v) is 14.3. The highest BCUT2D eigenvalue weighted by Crippen LogP contribution is 2.19. The molecule has 124 valence electrons. The molecule has 1 saturated heterocycles. The quantitative estimate of drug-likeness (QED) is 0.549. The molecule has 1 atom stereocenters. The summed E-state index contributed by atoms with van der Waals surface area (Å²) in [6, 6.07) is 0.445. The molecule has 3 nitrogen and oxygen atoms in total. The van der Waals surface area contributed by atoms with Gasteiger partial charge in [-0.25, -0.2) is 0 Å². The van der Waals surface area contributed by atoms with Crippen LogP contribution in [0.3, 0.4) is 0 Å². The lowest BCUT2D eigenvalue weighted by molar-refractivity contribution is -0.132. The van der Waals surface area contributed by atoms with E-state index < -0.39 is 0 Å². The number of nitrogens with one attached hydrogen (secondary N) is 1. The number of unbranched alkanes of at least 4 members (excludes halogenated alkanes) is 8. The monoisotopic (exact) mass is 296 g/mol. The largest absolute Gasteiger partial charge is 0.338 e. The highest BCUT2D eigenvalue weighted by atomic mass is 16.2. The Morgan fingerprint density at radius 1 is 1.05 bits per heavy atom. The average molecular weight is 296 g/mol. The lowest BCUT2D eigenvalue weighted by atomic mass is 10.1. The number of nitrogens with zero attached hydrogens (tertiary/aromatic N) is 1. The van der Waals surface area contributed by atoms with Crippen LogP contribution in [0, 0.1) is 0 Å². The van der Waals surface area contributed by atoms with Crippen molar-refractivity contribution in [2.75, 3.05) is 20.1 Å². The fourth-order valence-electron chi connectivity index (χ4n) is 3.34. The fourth-order valence-corrected chi connectivity index (χ4v) is 3.34. The number of carbonyl (C=O) groups is 1. The summed E-state index contributed by atoms with van der Waals surface area (Å²) in [6.07, 6.45) is 15.0. The zero-order valence-electron chi connectivity index (χ0n) is 14.3. The van der Waals surface area contributed by atoms with E-state index >= 15 is 0 Å². The van der Waals surface area contributed by atoms with Crippen molar-refractivity contribution in [3.05, 3.63) is 0 Å². The van der Waals surface area contributed by atoms with Gasteiger partial charge in [-0.2, -0.15) is 0 Å². The molecule has 1 fully saturated rings. The molecule has 0 aliphatic carbocycles. The molecular formula is C18H36N2O. The first kappa shape index (κ1) is 18.5. The van der Waals surface area contributed by atoms with Gasteiger partial charge in [-0.05, 0) is 26.3 Å². The summed E-state index contributed by atoms with van der Waals surface area (Å²) in [5.74, 6) is 0.385. The molecule has 1 amide bonds. The van der Waals surface area contributed by atoms with Crippen LogP contribution in [-0.2, 0) is 4.79 Å². The first-order chi connectivity index (χ1) is 10.3. The normalized spacial score (nSPS) is 18.4. The number of likely N-dealkylation sites (N-methyl/N-ethyl adjacent to an activating group) is 1. The van der Waals surface area contributed by atoms with Crippen LogP contribution in [0.25, 0.3) is 0 Å². The van der Waals surface area contributed by atoms with Gasteiger partial charge in [-0.15, -0.1) is 0 Å². The van der Waals surface area contributed by atoms with Gasteiger partial charge in [-0.1, -0.05) is 58.3 Å². The molecule has 1 rings (SSSR count). The highest BCUT2D eigenvalue weighted by Gasteiger charge is 2.27. The fraction of sp³-hybridized carbons (Fsp3) is 0.944. The summed E-state index contributed by atoms with van der Waals surface area (Å²) < 4.78 is 0. The zero-order chi connectivity index (χ0) is 15.3. The van der Waals surface area contributed by atoms with Crippen molar-refractivity contribution in [1.29, 1.82) is 0 Å². The molecule has 0 saturated carbocycles. The van der Waals surface area contributed by atoms with E-state index in [2.05, 4.69) is 17.1 Å². The predicted octanol–water partition coefficient (Wildman–Crippen LogP) is 4.12. The lowest BCUT2D eigenvalue weighted by Crippen LogP contribution is -2.40. The van der Waals surface area contributed by atoms with E-state index in [-0.39, 0.29) is 0 Å². The van der Waals surface area contributed by atoms with E-state index in [1.54, 1.807) is 0 Å². The maximum absolute atomic E-state index is 12.2. The van der Waals surface area contributed by atoms with Crippen LogP contribution >= 0.6 is 0 Å². The highest BCUT2D eigenvalue weighted by molar-refractivity contribution is 5.76. The van der Waals surface area contributed by atoms with Crippen LogP contribution in [0.15, 0.2) is 0 Å². The second-order valence-corrected chi connectivity index (χ2v) is 6.52. The molecule has 0 spiro atoms. The van der Waals surface area contributed by atoms with Crippen molar-refractivity contribution in [1.82, 2.24) is 10.2 Å². The minimum atomic E-state index is 0.385. The molecule has 3 heteroatoms. The SMILES string of the molecule is CCCCCCCCCCCC(=O)N1CCCC1CNC. The minimum absolute atomic E-state index is 0.385. The number of hydrogen-bond acceptors (Lipinski definition) is 2. The summed E-state index contributed by atoms with van der Waals surface area (Å²) in [7, 11) is 1.97. The van der Waals surface area contributed by atoms with Gasteiger partial charge >= 0.3 is 0 Å².